The second-order valence-corrected chi connectivity index (χ2v) is 10.9. The minimum atomic E-state index is -0.488. The lowest BCUT2D eigenvalue weighted by atomic mass is 9.68. The van der Waals surface area contributed by atoms with Crippen LogP contribution in [0.25, 0.3) is 0 Å². The Balaban J connectivity index is 1.39. The van der Waals surface area contributed by atoms with E-state index in [1.807, 2.05) is 24.3 Å². The Morgan fingerprint density at radius 2 is 1.62 bits per heavy atom. The molecule has 3 aromatic carbocycles. The molecule has 3 aromatic rings. The normalized spacial score (nSPS) is 21.9. The zero-order valence-corrected chi connectivity index (χ0v) is 22.2. The highest BCUT2D eigenvalue weighted by Crippen LogP contribution is 2.53. The van der Waals surface area contributed by atoms with Crippen molar-refractivity contribution in [1.82, 2.24) is 4.90 Å². The molecule has 5 nitrogen and oxygen atoms in total. The highest BCUT2D eigenvalue weighted by atomic mass is 16.5. The lowest BCUT2D eigenvalue weighted by Gasteiger charge is -2.45. The summed E-state index contributed by atoms with van der Waals surface area (Å²) in [4.78, 5) is 2.34. The van der Waals surface area contributed by atoms with Crippen LogP contribution in [0.5, 0.6) is 17.2 Å². The van der Waals surface area contributed by atoms with Crippen molar-refractivity contribution >= 4 is 0 Å². The number of aliphatic hydroxyl groups excluding tert-OH is 1. The fourth-order valence-corrected chi connectivity index (χ4v) is 6.00. The van der Waals surface area contributed by atoms with Gasteiger partial charge in [-0.2, -0.15) is 0 Å². The van der Waals surface area contributed by atoms with Crippen LogP contribution >= 0.6 is 0 Å². The van der Waals surface area contributed by atoms with Crippen molar-refractivity contribution in [3.63, 3.8) is 0 Å². The number of β-amino-alcohol motifs (C(OH)–C–C–N with tert-alkyl or cyclic N) is 1. The second-order valence-electron chi connectivity index (χ2n) is 10.9. The molecule has 0 bridgehead atoms. The molecule has 0 amide bonds. The van der Waals surface area contributed by atoms with Crippen LogP contribution in [0.1, 0.15) is 61.6 Å². The smallest absolute Gasteiger partial charge is 0.127 e. The number of likely N-dealkylation sites (tertiary alicyclic amines) is 1. The van der Waals surface area contributed by atoms with Gasteiger partial charge in [-0.1, -0.05) is 55.0 Å². The summed E-state index contributed by atoms with van der Waals surface area (Å²) < 4.78 is 18.1. The average molecular weight is 502 g/mol. The molecule has 0 radical (unpaired) electrons. The summed E-state index contributed by atoms with van der Waals surface area (Å²) in [5, 5.41) is 10.5. The number of aliphatic hydroxyl groups is 1. The van der Waals surface area contributed by atoms with E-state index in [1.165, 1.54) is 30.4 Å². The molecule has 1 fully saturated rings. The first-order chi connectivity index (χ1) is 17.9. The first-order valence-corrected chi connectivity index (χ1v) is 13.5. The third-order valence-electron chi connectivity index (χ3n) is 7.77. The standard InChI is InChI=1S/C32H39NO4/c1-32(2)31(24-10-6-4-7-11-24)30(28-17-16-27(35-3)20-29(28)37-32)23-12-14-26(15-13-23)36-22-25(34)21-33-18-8-5-9-19-33/h4,6-7,10-17,20,25,30-31,34H,5,8-9,18-19,21-22H2,1-3H3. The van der Waals surface area contributed by atoms with Crippen LogP contribution in [0.4, 0.5) is 0 Å². The van der Waals surface area contributed by atoms with Gasteiger partial charge in [0.25, 0.3) is 0 Å². The van der Waals surface area contributed by atoms with E-state index in [9.17, 15) is 5.11 Å². The predicted octanol–water partition coefficient (Wildman–Crippen LogP) is 6.01. The van der Waals surface area contributed by atoms with Crippen LogP contribution in [-0.2, 0) is 0 Å². The van der Waals surface area contributed by atoms with Crippen LogP contribution < -0.4 is 14.2 Å². The minimum Gasteiger partial charge on any atom is -0.497 e. The number of benzene rings is 3. The third kappa shape index (κ3) is 5.78. The fourth-order valence-electron chi connectivity index (χ4n) is 6.00. The average Bonchev–Trinajstić information content (AvgIpc) is 2.91. The number of piperidine rings is 1. The molecular weight excluding hydrogens is 462 g/mol. The maximum Gasteiger partial charge on any atom is 0.127 e. The number of ether oxygens (including phenoxy) is 3. The van der Waals surface area contributed by atoms with E-state index in [-0.39, 0.29) is 11.8 Å². The van der Waals surface area contributed by atoms with Gasteiger partial charge < -0.3 is 24.2 Å². The molecule has 2 heterocycles. The maximum atomic E-state index is 10.5. The van der Waals surface area contributed by atoms with Gasteiger partial charge in [0.1, 0.15) is 35.6 Å². The summed E-state index contributed by atoms with van der Waals surface area (Å²) in [7, 11) is 1.68. The van der Waals surface area contributed by atoms with Crippen molar-refractivity contribution in [3.05, 3.63) is 89.5 Å². The first-order valence-electron chi connectivity index (χ1n) is 13.5. The Bertz CT molecular complexity index is 1160. The highest BCUT2D eigenvalue weighted by Gasteiger charge is 2.45. The lowest BCUT2D eigenvalue weighted by Crippen LogP contribution is -2.43. The molecule has 0 aliphatic carbocycles. The molecule has 3 unspecified atom stereocenters. The van der Waals surface area contributed by atoms with Crippen molar-refractivity contribution in [1.29, 1.82) is 0 Å². The minimum absolute atomic E-state index is 0.103. The Labute approximate surface area is 221 Å². The number of rotatable bonds is 8. The summed E-state index contributed by atoms with van der Waals surface area (Å²) in [5.41, 5.74) is 3.18. The van der Waals surface area contributed by atoms with E-state index < -0.39 is 11.7 Å². The highest BCUT2D eigenvalue weighted by molar-refractivity contribution is 5.52. The topological polar surface area (TPSA) is 51.2 Å². The van der Waals surface area contributed by atoms with Crippen LogP contribution in [-0.4, -0.2) is 55.1 Å². The first kappa shape index (κ1) is 25.6. The zero-order valence-electron chi connectivity index (χ0n) is 22.2. The number of fused-ring (bicyclic) bond motifs is 1. The molecule has 2 aliphatic rings. The molecular formula is C32H39NO4. The van der Waals surface area contributed by atoms with Crippen molar-refractivity contribution in [2.24, 2.45) is 0 Å². The molecule has 1 saturated heterocycles. The van der Waals surface area contributed by atoms with E-state index in [4.69, 9.17) is 14.2 Å². The van der Waals surface area contributed by atoms with Crippen LogP contribution in [0, 0.1) is 0 Å². The molecule has 1 N–H and O–H groups in total. The van der Waals surface area contributed by atoms with E-state index in [1.54, 1.807) is 7.11 Å². The quantitative estimate of drug-likeness (QED) is 0.410. The lowest BCUT2D eigenvalue weighted by molar-refractivity contribution is 0.0527. The van der Waals surface area contributed by atoms with E-state index >= 15 is 0 Å². The number of hydrogen-bond acceptors (Lipinski definition) is 5. The maximum absolute atomic E-state index is 10.5. The van der Waals surface area contributed by atoms with Gasteiger partial charge in [0, 0.05) is 30.0 Å². The fraction of sp³-hybridized carbons (Fsp3) is 0.438. The van der Waals surface area contributed by atoms with E-state index in [0.29, 0.717) is 13.2 Å². The third-order valence-corrected chi connectivity index (χ3v) is 7.77. The number of methoxy groups -OCH3 is 1. The van der Waals surface area contributed by atoms with Gasteiger partial charge in [0.15, 0.2) is 0 Å². The zero-order chi connectivity index (χ0) is 25.8. The SMILES string of the molecule is COc1ccc2c(c1)OC(C)(C)C(c1ccccc1)C2c1ccc(OCC(O)CN2CCCCC2)cc1. The van der Waals surface area contributed by atoms with Gasteiger partial charge in [0.2, 0.25) is 0 Å². The second kappa shape index (κ2) is 11.2. The summed E-state index contributed by atoms with van der Waals surface area (Å²) in [6, 6.07) is 25.1. The summed E-state index contributed by atoms with van der Waals surface area (Å²) in [5.74, 6) is 2.65. The van der Waals surface area contributed by atoms with Crippen LogP contribution in [0.2, 0.25) is 0 Å². The molecule has 2 aliphatic heterocycles. The Kier molecular flexibility index (Phi) is 7.73. The summed E-state index contributed by atoms with van der Waals surface area (Å²) in [6.07, 6.45) is 3.25. The van der Waals surface area contributed by atoms with Crippen molar-refractivity contribution in [3.8, 4) is 17.2 Å². The molecule has 37 heavy (non-hydrogen) atoms. The summed E-state index contributed by atoms with van der Waals surface area (Å²) in [6.45, 7) is 7.46. The van der Waals surface area contributed by atoms with Gasteiger partial charge in [-0.25, -0.2) is 0 Å². The monoisotopic (exact) mass is 501 g/mol. The van der Waals surface area contributed by atoms with Crippen molar-refractivity contribution in [2.75, 3.05) is 33.4 Å². The van der Waals surface area contributed by atoms with E-state index in [0.717, 1.165) is 35.9 Å². The molecule has 196 valence electrons. The van der Waals surface area contributed by atoms with Gasteiger partial charge in [-0.05, 0) is 69.1 Å². The molecule has 3 atom stereocenters. The predicted molar refractivity (Wildman–Crippen MR) is 147 cm³/mol. The number of nitrogens with zero attached hydrogens (tertiary/aromatic N) is 1. The van der Waals surface area contributed by atoms with Gasteiger partial charge >= 0.3 is 0 Å². The number of hydrogen-bond donors (Lipinski definition) is 1. The van der Waals surface area contributed by atoms with Crippen LogP contribution in [0.15, 0.2) is 72.8 Å². The van der Waals surface area contributed by atoms with Gasteiger partial charge in [-0.15, -0.1) is 0 Å². The van der Waals surface area contributed by atoms with Crippen molar-refractivity contribution in [2.45, 2.75) is 56.7 Å². The molecule has 5 rings (SSSR count). The van der Waals surface area contributed by atoms with Gasteiger partial charge in [-0.3, -0.25) is 0 Å². The Morgan fingerprint density at radius 1 is 0.919 bits per heavy atom. The Hall–Kier alpha value is -3.02. The largest absolute Gasteiger partial charge is 0.497 e. The van der Waals surface area contributed by atoms with Crippen molar-refractivity contribution < 1.29 is 19.3 Å². The molecule has 5 heteroatoms. The Morgan fingerprint density at radius 3 is 2.32 bits per heavy atom. The summed E-state index contributed by atoms with van der Waals surface area (Å²) >= 11 is 0. The molecule has 0 aromatic heterocycles. The van der Waals surface area contributed by atoms with Gasteiger partial charge in [0.05, 0.1) is 7.11 Å². The molecule has 0 spiro atoms. The van der Waals surface area contributed by atoms with Crippen LogP contribution in [0.3, 0.4) is 0 Å². The van der Waals surface area contributed by atoms with E-state index in [2.05, 4.69) is 67.3 Å². The molecule has 0 saturated carbocycles.